The number of furan rings is 1. The van der Waals surface area contributed by atoms with E-state index in [9.17, 15) is 0 Å². The molecule has 0 radical (unpaired) electrons. The average molecular weight is 564 g/mol. The van der Waals surface area contributed by atoms with Gasteiger partial charge in [0.15, 0.2) is 0 Å². The Kier molecular flexibility index (Phi) is 5.67. The van der Waals surface area contributed by atoms with Crippen LogP contribution in [0.1, 0.15) is 0 Å². The molecule has 5 aromatic carbocycles. The third kappa shape index (κ3) is 3.81. The molecule has 2 unspecified atom stereocenters. The summed E-state index contributed by atoms with van der Waals surface area (Å²) < 4.78 is 6.81. The van der Waals surface area contributed by atoms with Gasteiger partial charge >= 0.3 is 0 Å². The number of benzene rings is 5. The van der Waals surface area contributed by atoms with Crippen LogP contribution >= 0.6 is 0 Å². The number of rotatable bonds is 4. The summed E-state index contributed by atoms with van der Waals surface area (Å²) >= 11 is 0. The molecule has 0 aliphatic heterocycles. The van der Waals surface area contributed by atoms with E-state index in [1.54, 1.807) is 0 Å². The first kappa shape index (κ1) is 24.9. The molecular formula is C42H29NO. The lowest BCUT2D eigenvalue weighted by Gasteiger charge is -2.38. The molecule has 1 aromatic heterocycles. The van der Waals surface area contributed by atoms with Crippen molar-refractivity contribution in [2.75, 3.05) is 4.90 Å². The van der Waals surface area contributed by atoms with Crippen LogP contribution in [0.5, 0.6) is 0 Å². The summed E-state index contributed by atoms with van der Waals surface area (Å²) in [4.78, 5) is 2.44. The summed E-state index contributed by atoms with van der Waals surface area (Å²) in [5.41, 5.74) is 10.2. The number of allylic oxidation sites excluding steroid dienone is 11. The Balaban J connectivity index is 1.31. The van der Waals surface area contributed by atoms with Crippen molar-refractivity contribution >= 4 is 44.1 Å². The van der Waals surface area contributed by atoms with Gasteiger partial charge < -0.3 is 9.32 Å². The molecule has 3 aliphatic carbocycles. The van der Waals surface area contributed by atoms with E-state index in [0.29, 0.717) is 5.92 Å². The topological polar surface area (TPSA) is 16.4 Å². The van der Waals surface area contributed by atoms with E-state index in [0.717, 1.165) is 49.8 Å². The van der Waals surface area contributed by atoms with Gasteiger partial charge in [0.2, 0.25) is 0 Å². The molecule has 208 valence electrons. The maximum absolute atomic E-state index is 6.81. The van der Waals surface area contributed by atoms with Gasteiger partial charge in [-0.15, -0.1) is 0 Å². The lowest BCUT2D eigenvalue weighted by atomic mass is 9.72. The zero-order valence-electron chi connectivity index (χ0n) is 24.1. The molecule has 6 aromatic rings. The van der Waals surface area contributed by atoms with E-state index < -0.39 is 0 Å². The van der Waals surface area contributed by atoms with Crippen LogP contribution in [0.4, 0.5) is 11.4 Å². The van der Waals surface area contributed by atoms with Crippen LogP contribution in [-0.2, 0) is 0 Å². The highest BCUT2D eigenvalue weighted by Crippen LogP contribution is 2.48. The Morgan fingerprint density at radius 1 is 0.523 bits per heavy atom. The molecule has 3 aliphatic rings. The zero-order chi connectivity index (χ0) is 29.0. The van der Waals surface area contributed by atoms with Gasteiger partial charge in [-0.2, -0.15) is 0 Å². The second-order valence-electron chi connectivity index (χ2n) is 11.7. The molecule has 0 fully saturated rings. The van der Waals surface area contributed by atoms with E-state index in [1.165, 1.54) is 22.2 Å². The van der Waals surface area contributed by atoms with Crippen molar-refractivity contribution < 1.29 is 4.42 Å². The van der Waals surface area contributed by atoms with Crippen LogP contribution in [0.2, 0.25) is 0 Å². The van der Waals surface area contributed by atoms with Gasteiger partial charge in [0, 0.05) is 44.8 Å². The van der Waals surface area contributed by atoms with Gasteiger partial charge in [-0.1, -0.05) is 134 Å². The predicted molar refractivity (Wildman–Crippen MR) is 184 cm³/mol. The molecule has 0 amide bonds. The lowest BCUT2D eigenvalue weighted by molar-refractivity contribution is 0.606. The first-order valence-electron chi connectivity index (χ1n) is 15.3. The number of fused-ring (bicyclic) bond motifs is 8. The molecule has 9 rings (SSSR count). The minimum Gasteiger partial charge on any atom is -0.455 e. The van der Waals surface area contributed by atoms with Gasteiger partial charge in [0.1, 0.15) is 11.2 Å². The molecule has 1 heterocycles. The van der Waals surface area contributed by atoms with E-state index >= 15 is 0 Å². The number of hydrogen-bond acceptors (Lipinski definition) is 2. The van der Waals surface area contributed by atoms with Crippen LogP contribution in [0.25, 0.3) is 43.8 Å². The Morgan fingerprint density at radius 2 is 1.25 bits per heavy atom. The maximum atomic E-state index is 6.81. The molecule has 0 saturated heterocycles. The van der Waals surface area contributed by atoms with E-state index in [-0.39, 0.29) is 5.92 Å². The second-order valence-corrected chi connectivity index (χ2v) is 11.7. The number of anilines is 2. The van der Waals surface area contributed by atoms with Gasteiger partial charge in [0.05, 0.1) is 11.4 Å². The highest BCUT2D eigenvalue weighted by molar-refractivity contribution is 6.17. The first-order valence-corrected chi connectivity index (χ1v) is 15.3. The van der Waals surface area contributed by atoms with E-state index in [2.05, 4.69) is 169 Å². The normalized spacial score (nSPS) is 18.6. The van der Waals surface area contributed by atoms with Crippen LogP contribution in [0.15, 0.2) is 185 Å². The van der Waals surface area contributed by atoms with Crippen molar-refractivity contribution in [3.63, 3.8) is 0 Å². The van der Waals surface area contributed by atoms with Crippen LogP contribution in [-0.4, -0.2) is 0 Å². The predicted octanol–water partition coefficient (Wildman–Crippen LogP) is 11.2. The number of para-hydroxylation sites is 3. The Bertz CT molecular complexity index is 2290. The lowest BCUT2D eigenvalue weighted by Crippen LogP contribution is -2.28. The average Bonchev–Trinajstić information content (AvgIpc) is 3.49. The Morgan fingerprint density at radius 3 is 2.18 bits per heavy atom. The third-order valence-electron chi connectivity index (χ3n) is 9.23. The SMILES string of the molecule is C1=CC2=CC(N(c3ccccc3)c3ccccc3-c3cccc4c3oc3c5ccccc5ccc43)=C3C=CC=CC3C2C=C1. The Hall–Kier alpha value is -5.60. The summed E-state index contributed by atoms with van der Waals surface area (Å²) in [6, 6.07) is 38.9. The summed E-state index contributed by atoms with van der Waals surface area (Å²) in [6.07, 6.45) is 20.3. The van der Waals surface area contributed by atoms with Gasteiger partial charge in [0.25, 0.3) is 0 Å². The maximum Gasteiger partial charge on any atom is 0.143 e. The van der Waals surface area contributed by atoms with Crippen LogP contribution in [0, 0.1) is 11.8 Å². The van der Waals surface area contributed by atoms with Gasteiger partial charge in [-0.05, 0) is 46.9 Å². The summed E-state index contributed by atoms with van der Waals surface area (Å²) in [5.74, 6) is 0.619. The monoisotopic (exact) mass is 563 g/mol. The largest absolute Gasteiger partial charge is 0.455 e. The highest BCUT2D eigenvalue weighted by Gasteiger charge is 2.33. The van der Waals surface area contributed by atoms with Crippen molar-refractivity contribution in [1.29, 1.82) is 0 Å². The molecular weight excluding hydrogens is 534 g/mol. The molecule has 2 atom stereocenters. The van der Waals surface area contributed by atoms with Crippen molar-refractivity contribution in [3.05, 3.63) is 181 Å². The smallest absolute Gasteiger partial charge is 0.143 e. The van der Waals surface area contributed by atoms with E-state index in [1.807, 2.05) is 0 Å². The molecule has 44 heavy (non-hydrogen) atoms. The number of hydrogen-bond donors (Lipinski definition) is 0. The highest BCUT2D eigenvalue weighted by atomic mass is 16.3. The second kappa shape index (κ2) is 10.00. The van der Waals surface area contributed by atoms with Crippen LogP contribution in [0.3, 0.4) is 0 Å². The van der Waals surface area contributed by atoms with Crippen molar-refractivity contribution in [1.82, 2.24) is 0 Å². The third-order valence-corrected chi connectivity index (χ3v) is 9.23. The van der Waals surface area contributed by atoms with Crippen molar-refractivity contribution in [2.24, 2.45) is 11.8 Å². The fourth-order valence-electron chi connectivity index (χ4n) is 7.23. The molecule has 0 bridgehead atoms. The quantitative estimate of drug-likeness (QED) is 0.212. The Labute approximate surface area is 256 Å². The summed E-state index contributed by atoms with van der Waals surface area (Å²) in [6.45, 7) is 0. The molecule has 0 saturated carbocycles. The standard InChI is InChI=1S/C42H29NO/c1-2-15-30(16-3-1)43(40-27-29-14-5-6-17-31(29)33-19-8-9-20-34(33)40)39-24-11-10-21-35(39)36-22-12-23-37-38-26-25-28-13-4-7-18-32(28)41(38)44-42(36)37/h1-27,31,33H. The number of nitrogens with zero attached hydrogens (tertiary/aromatic N) is 1. The van der Waals surface area contributed by atoms with Gasteiger partial charge in [-0.3, -0.25) is 0 Å². The molecule has 2 nitrogen and oxygen atoms in total. The summed E-state index contributed by atoms with van der Waals surface area (Å²) in [5, 5.41) is 4.60. The van der Waals surface area contributed by atoms with Crippen LogP contribution < -0.4 is 4.90 Å². The molecule has 0 N–H and O–H groups in total. The van der Waals surface area contributed by atoms with E-state index in [4.69, 9.17) is 4.42 Å². The first-order chi connectivity index (χ1) is 21.8. The fourth-order valence-corrected chi connectivity index (χ4v) is 7.23. The molecule has 2 heteroatoms. The minimum absolute atomic E-state index is 0.279. The zero-order valence-corrected chi connectivity index (χ0v) is 24.1. The minimum atomic E-state index is 0.279. The van der Waals surface area contributed by atoms with Gasteiger partial charge in [-0.25, -0.2) is 0 Å². The fraction of sp³-hybridized carbons (Fsp3) is 0.0476. The molecule has 0 spiro atoms. The van der Waals surface area contributed by atoms with Crippen molar-refractivity contribution in [2.45, 2.75) is 0 Å². The summed E-state index contributed by atoms with van der Waals surface area (Å²) in [7, 11) is 0. The van der Waals surface area contributed by atoms with Crippen molar-refractivity contribution in [3.8, 4) is 11.1 Å².